The average Bonchev–Trinajstić information content (AvgIpc) is 3.79. The van der Waals surface area contributed by atoms with Crippen LogP contribution >= 0.6 is 11.6 Å². The van der Waals surface area contributed by atoms with Crippen LogP contribution < -0.4 is 10.6 Å². The fraction of sp³-hybridized carbons (Fsp3) is 0.462. The maximum atomic E-state index is 14.8. The molecule has 1 saturated heterocycles. The summed E-state index contributed by atoms with van der Waals surface area (Å²) < 4.78 is 16.3. The topological polar surface area (TPSA) is 97.1 Å². The van der Waals surface area contributed by atoms with E-state index >= 15 is 0 Å². The third-order valence-electron chi connectivity index (χ3n) is 7.50. The van der Waals surface area contributed by atoms with Gasteiger partial charge in [-0.2, -0.15) is 4.98 Å². The molecule has 0 aromatic carbocycles. The number of aromatic nitrogens is 5. The Morgan fingerprint density at radius 2 is 1.73 bits per heavy atom. The van der Waals surface area contributed by atoms with E-state index in [1.54, 1.807) is 11.2 Å². The van der Waals surface area contributed by atoms with Crippen molar-refractivity contribution in [1.82, 2.24) is 29.4 Å². The Balaban J connectivity index is 1.57. The van der Waals surface area contributed by atoms with Gasteiger partial charge in [-0.25, -0.2) is 28.7 Å². The highest BCUT2D eigenvalue weighted by molar-refractivity contribution is 6.30. The van der Waals surface area contributed by atoms with Gasteiger partial charge < -0.3 is 9.80 Å². The molecule has 11 heteroatoms. The lowest BCUT2D eigenvalue weighted by Gasteiger charge is -2.44. The molecule has 2 saturated carbocycles. The van der Waals surface area contributed by atoms with Crippen LogP contribution in [0, 0.1) is 5.82 Å². The molecule has 0 unspecified atom stereocenters. The van der Waals surface area contributed by atoms with Crippen molar-refractivity contribution >= 4 is 34.4 Å². The fourth-order valence-electron chi connectivity index (χ4n) is 5.30. The van der Waals surface area contributed by atoms with E-state index in [0.29, 0.717) is 30.0 Å². The molecular formula is C26H27ClFN7O2. The van der Waals surface area contributed by atoms with Crippen LogP contribution in [0.5, 0.6) is 0 Å². The van der Waals surface area contributed by atoms with Crippen LogP contribution in [-0.2, 0) is 4.79 Å². The van der Waals surface area contributed by atoms with E-state index in [2.05, 4.69) is 26.5 Å². The van der Waals surface area contributed by atoms with Gasteiger partial charge in [0.1, 0.15) is 12.1 Å². The van der Waals surface area contributed by atoms with Crippen LogP contribution in [0.15, 0.2) is 29.8 Å². The zero-order valence-electron chi connectivity index (χ0n) is 20.7. The first-order chi connectivity index (χ1) is 17.8. The van der Waals surface area contributed by atoms with E-state index in [0.717, 1.165) is 37.1 Å². The van der Waals surface area contributed by atoms with Gasteiger partial charge in [-0.1, -0.05) is 18.2 Å². The van der Waals surface area contributed by atoms with Gasteiger partial charge in [0.25, 0.3) is 0 Å². The number of fused-ring (bicyclic) bond motifs is 1. The smallest absolute Gasteiger partial charge is 0.349 e. The molecule has 1 aliphatic heterocycles. The molecule has 0 N–H and O–H groups in total. The fourth-order valence-corrected chi connectivity index (χ4v) is 5.43. The summed E-state index contributed by atoms with van der Waals surface area (Å²) in [6.45, 7) is 8.27. The van der Waals surface area contributed by atoms with Crippen LogP contribution in [-0.4, -0.2) is 60.5 Å². The first kappa shape index (κ1) is 24.0. The number of carbonyl (C=O) groups is 1. The lowest BCUT2D eigenvalue weighted by atomic mass is 10.1. The van der Waals surface area contributed by atoms with Crippen molar-refractivity contribution in [2.75, 3.05) is 18.0 Å². The maximum absolute atomic E-state index is 14.8. The molecule has 2 aliphatic carbocycles. The minimum absolute atomic E-state index is 0.156. The summed E-state index contributed by atoms with van der Waals surface area (Å²) >= 11 is 6.17. The number of rotatable bonds is 5. The highest BCUT2D eigenvalue weighted by Gasteiger charge is 2.37. The summed E-state index contributed by atoms with van der Waals surface area (Å²) in [4.78, 5) is 47.8. The number of nitrogens with zero attached hydrogens (tertiary/aromatic N) is 7. The Morgan fingerprint density at radius 3 is 2.32 bits per heavy atom. The summed E-state index contributed by atoms with van der Waals surface area (Å²) in [5, 5.41) is 0.0507. The Kier molecular flexibility index (Phi) is 5.74. The number of anilines is 1. The molecule has 6 rings (SSSR count). The van der Waals surface area contributed by atoms with Crippen LogP contribution in [0.1, 0.15) is 62.8 Å². The summed E-state index contributed by atoms with van der Waals surface area (Å²) in [6, 6.07) is 0.935. The lowest BCUT2D eigenvalue weighted by molar-refractivity contribution is -0.128. The van der Waals surface area contributed by atoms with Crippen molar-refractivity contribution in [3.8, 4) is 5.69 Å². The Morgan fingerprint density at radius 1 is 1.08 bits per heavy atom. The molecule has 3 aromatic rings. The molecule has 0 bridgehead atoms. The zero-order valence-corrected chi connectivity index (χ0v) is 21.5. The summed E-state index contributed by atoms with van der Waals surface area (Å²) in [5.74, 6) is -0.0512. The molecule has 192 valence electrons. The lowest BCUT2D eigenvalue weighted by Crippen LogP contribution is -2.58. The van der Waals surface area contributed by atoms with Crippen LogP contribution in [0.2, 0.25) is 5.15 Å². The normalized spacial score (nSPS) is 21.9. The molecule has 3 aliphatic rings. The van der Waals surface area contributed by atoms with Gasteiger partial charge in [-0.3, -0.25) is 4.79 Å². The molecule has 3 aromatic heterocycles. The van der Waals surface area contributed by atoms with Gasteiger partial charge in [0.05, 0.1) is 22.5 Å². The average molecular weight is 524 g/mol. The molecule has 3 fully saturated rings. The van der Waals surface area contributed by atoms with Gasteiger partial charge in [-0.15, -0.1) is 0 Å². The van der Waals surface area contributed by atoms with Crippen LogP contribution in [0.4, 0.5) is 10.2 Å². The molecule has 9 nitrogen and oxygen atoms in total. The van der Waals surface area contributed by atoms with E-state index in [-0.39, 0.29) is 40.6 Å². The standard InChI is InChI=1S/C26H27ClFN7O2/c1-4-19(36)33-10-14(3)34(11-13(33)2)24-17-9-18(28)23(27)31-25(17)35(26(37)32-24)22-20(15-5-6-15)29-12-30-21(22)16-7-8-16/h4,9,12-16H,1,5-8,10-11H2,2-3H3/t13-,14+/m1/s1. The summed E-state index contributed by atoms with van der Waals surface area (Å²) in [7, 11) is 0. The molecule has 1 amide bonds. The van der Waals surface area contributed by atoms with Crippen molar-refractivity contribution < 1.29 is 9.18 Å². The first-order valence-electron chi connectivity index (χ1n) is 12.6. The maximum Gasteiger partial charge on any atom is 0.355 e. The molecule has 37 heavy (non-hydrogen) atoms. The minimum atomic E-state index is -0.697. The second-order valence-electron chi connectivity index (χ2n) is 10.3. The SMILES string of the molecule is C=CC(=O)N1C[C@H](C)N(c2nc(=O)n(-c3c(C4CC4)ncnc3C3CC3)c3nc(Cl)c(F)cc23)C[C@H]1C. The van der Waals surface area contributed by atoms with E-state index in [4.69, 9.17) is 11.6 Å². The number of halogens is 2. The highest BCUT2D eigenvalue weighted by atomic mass is 35.5. The van der Waals surface area contributed by atoms with Crippen molar-refractivity contribution in [3.63, 3.8) is 0 Å². The number of hydrogen-bond acceptors (Lipinski definition) is 7. The number of amides is 1. The van der Waals surface area contributed by atoms with E-state index in [1.165, 1.54) is 16.7 Å². The third kappa shape index (κ3) is 4.07. The van der Waals surface area contributed by atoms with Crippen molar-refractivity contribution in [3.05, 3.63) is 57.9 Å². The summed E-state index contributed by atoms with van der Waals surface area (Å²) in [5.41, 5.74) is 1.90. The van der Waals surface area contributed by atoms with E-state index in [1.807, 2.05) is 18.7 Å². The molecule has 4 heterocycles. The Hall–Kier alpha value is -3.40. The number of hydrogen-bond donors (Lipinski definition) is 0. The largest absolute Gasteiger partial charge is 0.355 e. The second-order valence-corrected chi connectivity index (χ2v) is 10.6. The van der Waals surface area contributed by atoms with Gasteiger partial charge in [0.15, 0.2) is 16.6 Å². The quantitative estimate of drug-likeness (QED) is 0.371. The number of pyridine rings is 1. The zero-order chi connectivity index (χ0) is 26.0. The molecular weight excluding hydrogens is 497 g/mol. The van der Waals surface area contributed by atoms with Crippen molar-refractivity contribution in [2.24, 2.45) is 0 Å². The van der Waals surface area contributed by atoms with Crippen LogP contribution in [0.25, 0.3) is 16.7 Å². The van der Waals surface area contributed by atoms with Crippen molar-refractivity contribution in [1.29, 1.82) is 0 Å². The monoisotopic (exact) mass is 523 g/mol. The van der Waals surface area contributed by atoms with Gasteiger partial charge in [-0.05, 0) is 51.7 Å². The second kappa shape index (κ2) is 8.86. The van der Waals surface area contributed by atoms with E-state index < -0.39 is 11.5 Å². The third-order valence-corrected chi connectivity index (χ3v) is 7.77. The number of piperazine rings is 1. The predicted molar refractivity (Wildman–Crippen MR) is 138 cm³/mol. The van der Waals surface area contributed by atoms with Crippen LogP contribution in [0.3, 0.4) is 0 Å². The highest BCUT2D eigenvalue weighted by Crippen LogP contribution is 2.47. The Labute approximate surface area is 218 Å². The van der Waals surface area contributed by atoms with Gasteiger partial charge in [0, 0.05) is 37.0 Å². The molecule has 0 spiro atoms. The first-order valence-corrected chi connectivity index (χ1v) is 13.0. The minimum Gasteiger partial charge on any atom is -0.349 e. The molecule has 0 radical (unpaired) electrons. The predicted octanol–water partition coefficient (Wildman–Crippen LogP) is 3.73. The molecule has 2 atom stereocenters. The van der Waals surface area contributed by atoms with E-state index in [9.17, 15) is 14.0 Å². The number of carbonyl (C=O) groups excluding carboxylic acids is 1. The Bertz CT molecular complexity index is 1470. The van der Waals surface area contributed by atoms with Gasteiger partial charge >= 0.3 is 5.69 Å². The van der Waals surface area contributed by atoms with Crippen molar-refractivity contribution in [2.45, 2.75) is 63.5 Å². The van der Waals surface area contributed by atoms with Gasteiger partial charge in [0.2, 0.25) is 5.91 Å². The summed E-state index contributed by atoms with van der Waals surface area (Å²) in [6.07, 6.45) is 6.80.